The van der Waals surface area contributed by atoms with E-state index in [1.54, 1.807) is 7.11 Å². The standard InChI is InChI=1S/C16H22ClNO/c1-19-16-9-12(4-5-14(16)17)15(18)8-13-7-10-2-3-11(13)6-10/h4-5,9-11,13,15H,2-3,6-8,18H2,1H3. The number of hydrogen-bond donors (Lipinski definition) is 1. The van der Waals surface area contributed by atoms with Gasteiger partial charge in [0.1, 0.15) is 5.75 Å². The zero-order valence-corrected chi connectivity index (χ0v) is 12.2. The Bertz CT molecular complexity index is 462. The van der Waals surface area contributed by atoms with E-state index in [0.717, 1.165) is 35.5 Å². The van der Waals surface area contributed by atoms with Gasteiger partial charge in [-0.3, -0.25) is 0 Å². The lowest BCUT2D eigenvalue weighted by atomic mass is 9.83. The van der Waals surface area contributed by atoms with Crippen LogP contribution in [0.2, 0.25) is 5.02 Å². The van der Waals surface area contributed by atoms with Gasteiger partial charge in [0, 0.05) is 6.04 Å². The van der Waals surface area contributed by atoms with Gasteiger partial charge in [0.05, 0.1) is 12.1 Å². The average Bonchev–Trinajstić information content (AvgIpc) is 3.01. The number of rotatable bonds is 4. The summed E-state index contributed by atoms with van der Waals surface area (Å²) in [6.07, 6.45) is 6.81. The first-order valence-corrected chi connectivity index (χ1v) is 7.64. The van der Waals surface area contributed by atoms with Crippen molar-refractivity contribution in [1.82, 2.24) is 0 Å². The minimum atomic E-state index is 0.107. The lowest BCUT2D eigenvalue weighted by Gasteiger charge is -2.25. The fourth-order valence-corrected chi connectivity index (χ4v) is 4.23. The lowest BCUT2D eigenvalue weighted by molar-refractivity contribution is 0.296. The van der Waals surface area contributed by atoms with Crippen LogP contribution in [0.4, 0.5) is 0 Å². The van der Waals surface area contributed by atoms with Gasteiger partial charge in [-0.1, -0.05) is 24.1 Å². The smallest absolute Gasteiger partial charge is 0.137 e. The van der Waals surface area contributed by atoms with Crippen LogP contribution in [0, 0.1) is 17.8 Å². The quantitative estimate of drug-likeness (QED) is 0.897. The predicted octanol–water partition coefficient (Wildman–Crippen LogP) is 4.17. The summed E-state index contributed by atoms with van der Waals surface area (Å²) < 4.78 is 5.27. The molecule has 3 heteroatoms. The van der Waals surface area contributed by atoms with Gasteiger partial charge in [-0.25, -0.2) is 0 Å². The van der Waals surface area contributed by atoms with Crippen molar-refractivity contribution < 1.29 is 4.74 Å². The molecule has 2 bridgehead atoms. The van der Waals surface area contributed by atoms with Gasteiger partial charge in [-0.15, -0.1) is 0 Å². The fraction of sp³-hybridized carbons (Fsp3) is 0.625. The van der Waals surface area contributed by atoms with E-state index in [2.05, 4.69) is 0 Å². The van der Waals surface area contributed by atoms with Gasteiger partial charge in [-0.2, -0.15) is 0 Å². The zero-order chi connectivity index (χ0) is 13.4. The van der Waals surface area contributed by atoms with E-state index in [-0.39, 0.29) is 6.04 Å². The summed E-state index contributed by atoms with van der Waals surface area (Å²) in [6.45, 7) is 0. The summed E-state index contributed by atoms with van der Waals surface area (Å²) in [5, 5.41) is 0.651. The first-order valence-electron chi connectivity index (χ1n) is 7.26. The van der Waals surface area contributed by atoms with E-state index in [9.17, 15) is 0 Å². The Kier molecular flexibility index (Phi) is 3.72. The van der Waals surface area contributed by atoms with Crippen molar-refractivity contribution >= 4 is 11.6 Å². The minimum Gasteiger partial charge on any atom is -0.495 e. The molecule has 2 N–H and O–H groups in total. The van der Waals surface area contributed by atoms with Crippen LogP contribution in [0.5, 0.6) is 5.75 Å². The van der Waals surface area contributed by atoms with Crippen molar-refractivity contribution in [3.8, 4) is 5.75 Å². The molecule has 104 valence electrons. The van der Waals surface area contributed by atoms with Crippen LogP contribution >= 0.6 is 11.6 Å². The highest BCUT2D eigenvalue weighted by Gasteiger charge is 2.39. The molecule has 19 heavy (non-hydrogen) atoms. The fourth-order valence-electron chi connectivity index (χ4n) is 4.03. The topological polar surface area (TPSA) is 35.2 Å². The molecule has 0 spiro atoms. The molecule has 0 amide bonds. The second kappa shape index (κ2) is 5.34. The van der Waals surface area contributed by atoms with Gasteiger partial charge in [-0.05, 0) is 61.1 Å². The van der Waals surface area contributed by atoms with Crippen LogP contribution < -0.4 is 10.5 Å². The first kappa shape index (κ1) is 13.3. The van der Waals surface area contributed by atoms with Crippen molar-refractivity contribution in [3.63, 3.8) is 0 Å². The van der Waals surface area contributed by atoms with Gasteiger partial charge in [0.15, 0.2) is 0 Å². The Morgan fingerprint density at radius 3 is 2.84 bits per heavy atom. The zero-order valence-electron chi connectivity index (χ0n) is 11.4. The predicted molar refractivity (Wildman–Crippen MR) is 78.5 cm³/mol. The van der Waals surface area contributed by atoms with Gasteiger partial charge in [0.25, 0.3) is 0 Å². The molecule has 4 atom stereocenters. The summed E-state index contributed by atoms with van der Waals surface area (Å²) in [5.74, 6) is 3.48. The number of nitrogens with two attached hydrogens (primary N) is 1. The molecule has 0 heterocycles. The van der Waals surface area contributed by atoms with E-state index in [0.29, 0.717) is 5.02 Å². The van der Waals surface area contributed by atoms with Crippen LogP contribution in [0.1, 0.15) is 43.7 Å². The number of fused-ring (bicyclic) bond motifs is 2. The minimum absolute atomic E-state index is 0.107. The molecule has 3 rings (SSSR count). The Balaban J connectivity index is 1.68. The molecule has 2 aliphatic carbocycles. The third-order valence-corrected chi connectivity index (χ3v) is 5.36. The van der Waals surface area contributed by atoms with Crippen LogP contribution in [0.15, 0.2) is 18.2 Å². The van der Waals surface area contributed by atoms with Crippen molar-refractivity contribution in [2.45, 2.75) is 38.1 Å². The highest BCUT2D eigenvalue weighted by molar-refractivity contribution is 6.32. The molecule has 1 aromatic rings. The maximum atomic E-state index is 6.38. The molecule has 0 saturated heterocycles. The monoisotopic (exact) mass is 279 g/mol. The maximum Gasteiger partial charge on any atom is 0.137 e. The molecule has 2 nitrogen and oxygen atoms in total. The molecule has 0 radical (unpaired) electrons. The van der Waals surface area contributed by atoms with E-state index in [4.69, 9.17) is 22.1 Å². The largest absolute Gasteiger partial charge is 0.495 e. The number of halogens is 1. The maximum absolute atomic E-state index is 6.38. The molecule has 2 fully saturated rings. The van der Waals surface area contributed by atoms with E-state index < -0.39 is 0 Å². The molecular formula is C16H22ClNO. The number of benzene rings is 1. The lowest BCUT2D eigenvalue weighted by Crippen LogP contribution is -2.19. The van der Waals surface area contributed by atoms with E-state index in [1.165, 1.54) is 25.7 Å². The second-order valence-electron chi connectivity index (χ2n) is 6.17. The summed E-state index contributed by atoms with van der Waals surface area (Å²) >= 11 is 6.06. The average molecular weight is 280 g/mol. The van der Waals surface area contributed by atoms with Crippen molar-refractivity contribution in [3.05, 3.63) is 28.8 Å². The highest BCUT2D eigenvalue weighted by atomic mass is 35.5. The van der Waals surface area contributed by atoms with Crippen LogP contribution in [0.25, 0.3) is 0 Å². The molecular weight excluding hydrogens is 258 g/mol. The Labute approximate surface area is 120 Å². The van der Waals surface area contributed by atoms with Crippen LogP contribution in [-0.4, -0.2) is 7.11 Å². The van der Waals surface area contributed by atoms with Crippen LogP contribution in [-0.2, 0) is 0 Å². The third kappa shape index (κ3) is 2.61. The number of hydrogen-bond acceptors (Lipinski definition) is 2. The second-order valence-corrected chi connectivity index (χ2v) is 6.58. The summed E-state index contributed by atoms with van der Waals surface area (Å²) in [6, 6.07) is 6.01. The van der Waals surface area contributed by atoms with Crippen molar-refractivity contribution in [2.24, 2.45) is 23.5 Å². The SMILES string of the molecule is COc1cc(C(N)CC2CC3CCC2C3)ccc1Cl. The molecule has 0 aromatic heterocycles. The Hall–Kier alpha value is -0.730. The van der Waals surface area contributed by atoms with E-state index in [1.807, 2.05) is 18.2 Å². The number of ether oxygens (including phenoxy) is 1. The summed E-state index contributed by atoms with van der Waals surface area (Å²) in [4.78, 5) is 0. The Morgan fingerprint density at radius 1 is 1.37 bits per heavy atom. The normalized spacial score (nSPS) is 30.6. The molecule has 2 saturated carbocycles. The molecule has 0 aliphatic heterocycles. The molecule has 2 aliphatic rings. The molecule has 1 aromatic carbocycles. The highest BCUT2D eigenvalue weighted by Crippen LogP contribution is 2.50. The first-order chi connectivity index (χ1) is 9.17. The van der Waals surface area contributed by atoms with Crippen molar-refractivity contribution in [2.75, 3.05) is 7.11 Å². The summed E-state index contributed by atoms with van der Waals surface area (Å²) in [7, 11) is 1.65. The van der Waals surface area contributed by atoms with Crippen LogP contribution in [0.3, 0.4) is 0 Å². The summed E-state index contributed by atoms with van der Waals surface area (Å²) in [5.41, 5.74) is 7.52. The van der Waals surface area contributed by atoms with E-state index >= 15 is 0 Å². The number of methoxy groups -OCH3 is 1. The third-order valence-electron chi connectivity index (χ3n) is 5.04. The van der Waals surface area contributed by atoms with Gasteiger partial charge < -0.3 is 10.5 Å². The Morgan fingerprint density at radius 2 is 2.21 bits per heavy atom. The van der Waals surface area contributed by atoms with Gasteiger partial charge >= 0.3 is 0 Å². The molecule has 4 unspecified atom stereocenters. The van der Waals surface area contributed by atoms with Crippen molar-refractivity contribution in [1.29, 1.82) is 0 Å². The van der Waals surface area contributed by atoms with Gasteiger partial charge in [0.2, 0.25) is 0 Å².